The molecule has 2 aliphatic rings. The van der Waals surface area contributed by atoms with Crippen molar-refractivity contribution in [3.05, 3.63) is 58.5 Å². The van der Waals surface area contributed by atoms with Gasteiger partial charge in [0.25, 0.3) is 0 Å². The normalized spacial score (nSPS) is 19.1. The van der Waals surface area contributed by atoms with Gasteiger partial charge in [0.1, 0.15) is 5.75 Å². The molecule has 2 aliphatic heterocycles. The first-order valence-corrected chi connectivity index (χ1v) is 12.1. The zero-order chi connectivity index (χ0) is 22.9. The summed E-state index contributed by atoms with van der Waals surface area (Å²) in [6, 6.07) is 9.85. The molecule has 0 bridgehead atoms. The fourth-order valence-electron chi connectivity index (χ4n) is 5.41. The topological polar surface area (TPSA) is 74.0 Å². The number of aromatic nitrogens is 3. The summed E-state index contributed by atoms with van der Waals surface area (Å²) in [4.78, 5) is 21.9. The van der Waals surface area contributed by atoms with Crippen molar-refractivity contribution in [1.82, 2.24) is 24.4 Å². The van der Waals surface area contributed by atoms with Gasteiger partial charge in [-0.1, -0.05) is 12.1 Å². The zero-order valence-corrected chi connectivity index (χ0v) is 19.6. The summed E-state index contributed by atoms with van der Waals surface area (Å²) in [6.45, 7) is 7.82. The number of nitrogens with zero attached hydrogens (tertiary/aromatic N) is 5. The number of carbonyl (C=O) groups excluding carboxylic acids is 1. The second-order valence-electron chi connectivity index (χ2n) is 9.48. The third kappa shape index (κ3) is 4.47. The van der Waals surface area contributed by atoms with Crippen LogP contribution in [0.2, 0.25) is 0 Å². The minimum absolute atomic E-state index is 0.253. The molecule has 33 heavy (non-hydrogen) atoms. The second-order valence-corrected chi connectivity index (χ2v) is 9.48. The minimum atomic E-state index is 0.253. The Morgan fingerprint density at radius 1 is 1.09 bits per heavy atom. The quantitative estimate of drug-likeness (QED) is 0.620. The molecule has 1 amide bonds. The Bertz CT molecular complexity index is 1150. The molecular weight excluding hydrogens is 414 g/mol. The average molecular weight is 448 g/mol. The van der Waals surface area contributed by atoms with Crippen molar-refractivity contribution in [2.45, 2.75) is 65.0 Å². The van der Waals surface area contributed by atoms with Crippen LogP contribution in [0.25, 0.3) is 5.65 Å². The molecule has 0 spiro atoms. The Labute approximate surface area is 195 Å². The third-order valence-corrected chi connectivity index (χ3v) is 7.26. The van der Waals surface area contributed by atoms with Crippen molar-refractivity contribution in [2.75, 3.05) is 19.6 Å². The number of benzene rings is 1. The van der Waals surface area contributed by atoms with Crippen LogP contribution < -0.4 is 0 Å². The van der Waals surface area contributed by atoms with Gasteiger partial charge in [0.15, 0.2) is 5.65 Å². The molecule has 1 aromatic carbocycles. The van der Waals surface area contributed by atoms with Crippen LogP contribution in [0.15, 0.2) is 30.3 Å². The Balaban J connectivity index is 1.35. The smallest absolute Gasteiger partial charge is 0.222 e. The summed E-state index contributed by atoms with van der Waals surface area (Å²) in [6.07, 6.45) is 5.72. The van der Waals surface area contributed by atoms with Crippen LogP contribution in [0.1, 0.15) is 66.4 Å². The van der Waals surface area contributed by atoms with E-state index in [0.29, 0.717) is 18.6 Å². The van der Waals surface area contributed by atoms with E-state index in [1.165, 1.54) is 5.56 Å². The van der Waals surface area contributed by atoms with E-state index < -0.39 is 0 Å². The number of carbonyl (C=O) groups is 1. The summed E-state index contributed by atoms with van der Waals surface area (Å²) < 4.78 is 1.97. The van der Waals surface area contributed by atoms with E-state index in [1.807, 2.05) is 28.5 Å². The molecule has 2 fully saturated rings. The van der Waals surface area contributed by atoms with Crippen LogP contribution in [0.5, 0.6) is 5.75 Å². The van der Waals surface area contributed by atoms with Gasteiger partial charge < -0.3 is 10.0 Å². The lowest BCUT2D eigenvalue weighted by molar-refractivity contribution is -0.130. The van der Waals surface area contributed by atoms with E-state index >= 15 is 0 Å². The van der Waals surface area contributed by atoms with E-state index in [0.717, 1.165) is 80.2 Å². The van der Waals surface area contributed by atoms with Crippen molar-refractivity contribution in [3.63, 3.8) is 0 Å². The van der Waals surface area contributed by atoms with Crippen LogP contribution in [0.3, 0.4) is 0 Å². The number of amides is 1. The maximum Gasteiger partial charge on any atom is 0.222 e. The standard InChI is InChI=1S/C26H33N5O2/c1-18-22(11-12-26(33)29-13-3-4-14-29)19(2)31-25(27-18)16-23(28-31)24-6-5-15-30(24)17-20-7-9-21(32)10-8-20/h7-10,16,24,32H,3-6,11-15,17H2,1-2H3. The molecule has 0 saturated carbocycles. The Kier molecular flexibility index (Phi) is 6.06. The van der Waals surface area contributed by atoms with Gasteiger partial charge >= 0.3 is 0 Å². The van der Waals surface area contributed by atoms with E-state index in [9.17, 15) is 9.90 Å². The molecule has 1 unspecified atom stereocenters. The van der Waals surface area contributed by atoms with Crippen LogP contribution >= 0.6 is 0 Å². The van der Waals surface area contributed by atoms with Crippen LogP contribution in [-0.2, 0) is 17.8 Å². The second kappa shape index (κ2) is 9.14. The molecule has 174 valence electrons. The lowest BCUT2D eigenvalue weighted by atomic mass is 10.1. The number of hydrogen-bond acceptors (Lipinski definition) is 5. The van der Waals surface area contributed by atoms with Gasteiger partial charge in [-0.3, -0.25) is 9.69 Å². The predicted octanol–water partition coefficient (Wildman–Crippen LogP) is 3.94. The van der Waals surface area contributed by atoms with Crippen molar-refractivity contribution in [1.29, 1.82) is 0 Å². The van der Waals surface area contributed by atoms with E-state index in [2.05, 4.69) is 17.9 Å². The van der Waals surface area contributed by atoms with Gasteiger partial charge in [0, 0.05) is 43.5 Å². The average Bonchev–Trinajstić information content (AvgIpc) is 3.55. The number of fused-ring (bicyclic) bond motifs is 1. The van der Waals surface area contributed by atoms with E-state index in [1.54, 1.807) is 12.1 Å². The lowest BCUT2D eigenvalue weighted by Crippen LogP contribution is -2.28. The first-order valence-electron chi connectivity index (χ1n) is 12.1. The molecule has 7 heteroatoms. The highest BCUT2D eigenvalue weighted by atomic mass is 16.3. The maximum absolute atomic E-state index is 12.6. The first kappa shape index (κ1) is 21.9. The summed E-state index contributed by atoms with van der Waals surface area (Å²) in [5.41, 5.74) is 6.35. The number of aromatic hydroxyl groups is 1. The molecule has 1 N–H and O–H groups in total. The number of phenolic OH excluding ortho intramolecular Hbond substituents is 1. The van der Waals surface area contributed by atoms with Crippen LogP contribution in [0, 0.1) is 13.8 Å². The largest absolute Gasteiger partial charge is 0.508 e. The molecule has 7 nitrogen and oxygen atoms in total. The highest BCUT2D eigenvalue weighted by Crippen LogP contribution is 2.33. The fourth-order valence-corrected chi connectivity index (χ4v) is 5.41. The minimum Gasteiger partial charge on any atom is -0.508 e. The molecule has 3 aromatic rings. The molecule has 1 atom stereocenters. The van der Waals surface area contributed by atoms with E-state index in [4.69, 9.17) is 10.1 Å². The monoisotopic (exact) mass is 447 g/mol. The Hall–Kier alpha value is -2.93. The molecule has 0 radical (unpaired) electrons. The Morgan fingerprint density at radius 2 is 1.85 bits per heavy atom. The van der Waals surface area contributed by atoms with Crippen molar-refractivity contribution in [2.24, 2.45) is 0 Å². The predicted molar refractivity (Wildman–Crippen MR) is 127 cm³/mol. The summed E-state index contributed by atoms with van der Waals surface area (Å²) in [5, 5.41) is 14.6. The van der Waals surface area contributed by atoms with Gasteiger partial charge in [-0.25, -0.2) is 9.50 Å². The third-order valence-electron chi connectivity index (χ3n) is 7.26. The summed E-state index contributed by atoms with van der Waals surface area (Å²) in [5.74, 6) is 0.551. The Morgan fingerprint density at radius 3 is 2.61 bits per heavy atom. The van der Waals surface area contributed by atoms with Gasteiger partial charge in [-0.15, -0.1) is 0 Å². The molecule has 5 rings (SSSR count). The van der Waals surface area contributed by atoms with Crippen LogP contribution in [-0.4, -0.2) is 55.0 Å². The fraction of sp³-hybridized carbons (Fsp3) is 0.500. The highest BCUT2D eigenvalue weighted by molar-refractivity contribution is 5.76. The number of likely N-dealkylation sites (tertiary alicyclic amines) is 2. The van der Waals surface area contributed by atoms with Crippen molar-refractivity contribution >= 4 is 11.6 Å². The highest BCUT2D eigenvalue weighted by Gasteiger charge is 2.29. The van der Waals surface area contributed by atoms with Crippen LogP contribution in [0.4, 0.5) is 0 Å². The summed E-state index contributed by atoms with van der Waals surface area (Å²) >= 11 is 0. The zero-order valence-electron chi connectivity index (χ0n) is 19.6. The molecule has 4 heterocycles. The number of hydrogen-bond donors (Lipinski definition) is 1. The van der Waals surface area contributed by atoms with Crippen molar-refractivity contribution in [3.8, 4) is 5.75 Å². The van der Waals surface area contributed by atoms with Crippen molar-refractivity contribution < 1.29 is 9.90 Å². The maximum atomic E-state index is 12.6. The number of rotatable bonds is 6. The number of phenols is 1. The van der Waals surface area contributed by atoms with Gasteiger partial charge in [-0.05, 0) is 75.8 Å². The lowest BCUT2D eigenvalue weighted by Gasteiger charge is -2.23. The molecular formula is C26H33N5O2. The molecule has 0 aliphatic carbocycles. The summed E-state index contributed by atoms with van der Waals surface area (Å²) in [7, 11) is 0. The molecule has 2 saturated heterocycles. The van der Waals surface area contributed by atoms with Gasteiger partial charge in [-0.2, -0.15) is 5.10 Å². The SMILES string of the molecule is Cc1nc2cc(C3CCCN3Cc3ccc(O)cc3)nn2c(C)c1CCC(=O)N1CCCC1. The van der Waals surface area contributed by atoms with Gasteiger partial charge in [0.05, 0.1) is 11.7 Å². The molecule has 2 aromatic heterocycles. The first-order chi connectivity index (χ1) is 16.0. The number of aryl methyl sites for hydroxylation is 2. The van der Waals surface area contributed by atoms with E-state index in [-0.39, 0.29) is 11.9 Å². The van der Waals surface area contributed by atoms with Gasteiger partial charge in [0.2, 0.25) is 5.91 Å².